The van der Waals surface area contributed by atoms with Gasteiger partial charge >= 0.3 is 0 Å². The second-order valence-electron chi connectivity index (χ2n) is 5.81. The molecule has 1 N–H and O–H groups in total. The van der Waals surface area contributed by atoms with Gasteiger partial charge in [-0.25, -0.2) is 9.97 Å². The minimum atomic E-state index is -0.179. The number of hydrogen-bond donors (Lipinski definition) is 1. The Labute approximate surface area is 135 Å². The zero-order valence-electron chi connectivity index (χ0n) is 13.6. The average Bonchev–Trinajstić information content (AvgIpc) is 2.95. The summed E-state index contributed by atoms with van der Waals surface area (Å²) in [4.78, 5) is 20.9. The molecule has 3 aromatic rings. The van der Waals surface area contributed by atoms with Crippen LogP contribution < -0.4 is 5.32 Å². The van der Waals surface area contributed by atoms with Gasteiger partial charge in [0, 0.05) is 18.9 Å². The smallest absolute Gasteiger partial charge is 0.257 e. The second-order valence-corrected chi connectivity index (χ2v) is 5.81. The number of rotatable bonds is 4. The summed E-state index contributed by atoms with van der Waals surface area (Å²) in [5.74, 6) is 0.344. The van der Waals surface area contributed by atoms with Gasteiger partial charge in [0.2, 0.25) is 0 Å². The maximum atomic E-state index is 12.4. The van der Waals surface area contributed by atoms with Crippen molar-refractivity contribution < 1.29 is 4.79 Å². The lowest BCUT2D eigenvalue weighted by Gasteiger charge is -2.10. The number of aromatic nitrogens is 3. The molecule has 0 aliphatic heterocycles. The fraction of sp³-hybridized carbons (Fsp3) is 0.278. The van der Waals surface area contributed by atoms with Gasteiger partial charge in [-0.2, -0.15) is 0 Å². The Balaban J connectivity index is 1.77. The first-order valence-electron chi connectivity index (χ1n) is 7.77. The number of nitrogens with one attached hydrogen (secondary N) is 1. The van der Waals surface area contributed by atoms with E-state index in [1.807, 2.05) is 23.7 Å². The number of fused-ring (bicyclic) bond motifs is 1. The third kappa shape index (κ3) is 3.08. The van der Waals surface area contributed by atoms with Gasteiger partial charge in [-0.15, -0.1) is 0 Å². The van der Waals surface area contributed by atoms with E-state index in [1.54, 1.807) is 18.6 Å². The third-order valence-electron chi connectivity index (χ3n) is 4.16. The molecule has 0 aliphatic carbocycles. The fourth-order valence-electron chi connectivity index (χ4n) is 2.47. The van der Waals surface area contributed by atoms with Crippen LogP contribution in [0.2, 0.25) is 0 Å². The molecule has 0 saturated heterocycles. The first-order chi connectivity index (χ1) is 11.1. The number of anilines is 1. The molecule has 0 spiro atoms. The van der Waals surface area contributed by atoms with Crippen LogP contribution in [0.1, 0.15) is 42.1 Å². The SMILES string of the molecule is CCC(C)c1ccc(NC(=O)c2cnc3c(c2)ncn3C)cc1. The number of imidazole rings is 1. The van der Waals surface area contributed by atoms with Gasteiger partial charge in [0.15, 0.2) is 5.65 Å². The largest absolute Gasteiger partial charge is 0.322 e. The minimum Gasteiger partial charge on any atom is -0.322 e. The van der Waals surface area contributed by atoms with Crippen molar-refractivity contribution in [2.45, 2.75) is 26.2 Å². The number of benzene rings is 1. The highest BCUT2D eigenvalue weighted by Gasteiger charge is 2.10. The standard InChI is InChI=1S/C18H20N4O/c1-4-12(2)13-5-7-15(8-6-13)21-18(23)14-9-16-17(19-10-14)22(3)11-20-16/h5-12H,4H2,1-3H3,(H,21,23). The molecule has 5 heteroatoms. The highest BCUT2D eigenvalue weighted by molar-refractivity contribution is 6.05. The van der Waals surface area contributed by atoms with Gasteiger partial charge in [-0.05, 0) is 36.1 Å². The summed E-state index contributed by atoms with van der Waals surface area (Å²) in [5, 5.41) is 2.90. The summed E-state index contributed by atoms with van der Waals surface area (Å²) in [6, 6.07) is 9.75. The Morgan fingerprint density at radius 3 is 2.70 bits per heavy atom. The van der Waals surface area contributed by atoms with Crippen LogP contribution in [0.4, 0.5) is 5.69 Å². The van der Waals surface area contributed by atoms with Crippen LogP contribution in [0.5, 0.6) is 0 Å². The minimum absolute atomic E-state index is 0.179. The molecule has 1 aromatic carbocycles. The fourth-order valence-corrected chi connectivity index (χ4v) is 2.47. The van der Waals surface area contributed by atoms with E-state index in [-0.39, 0.29) is 5.91 Å². The summed E-state index contributed by atoms with van der Waals surface area (Å²) < 4.78 is 1.82. The lowest BCUT2D eigenvalue weighted by atomic mass is 9.98. The van der Waals surface area contributed by atoms with E-state index in [4.69, 9.17) is 0 Å². The molecule has 23 heavy (non-hydrogen) atoms. The molecule has 118 valence electrons. The predicted octanol–water partition coefficient (Wildman–Crippen LogP) is 3.73. The lowest BCUT2D eigenvalue weighted by Crippen LogP contribution is -2.12. The van der Waals surface area contributed by atoms with Gasteiger partial charge in [0.1, 0.15) is 5.52 Å². The molecule has 0 fully saturated rings. The molecular weight excluding hydrogens is 288 g/mol. The van der Waals surface area contributed by atoms with Crippen molar-refractivity contribution in [3.05, 3.63) is 54.0 Å². The molecule has 0 saturated carbocycles. The van der Waals surface area contributed by atoms with Crippen LogP contribution in [-0.4, -0.2) is 20.4 Å². The van der Waals surface area contributed by atoms with Crippen molar-refractivity contribution in [3.8, 4) is 0 Å². The van der Waals surface area contributed by atoms with Crippen molar-refractivity contribution in [1.82, 2.24) is 14.5 Å². The molecule has 0 bridgehead atoms. The van der Waals surface area contributed by atoms with Gasteiger partial charge < -0.3 is 9.88 Å². The van der Waals surface area contributed by atoms with Crippen LogP contribution in [-0.2, 0) is 7.05 Å². The normalized spacial score (nSPS) is 12.3. The van der Waals surface area contributed by atoms with Gasteiger partial charge in [0.05, 0.1) is 11.9 Å². The van der Waals surface area contributed by atoms with Crippen molar-refractivity contribution in [2.75, 3.05) is 5.32 Å². The number of hydrogen-bond acceptors (Lipinski definition) is 3. The van der Waals surface area contributed by atoms with Crippen LogP contribution in [0.3, 0.4) is 0 Å². The van der Waals surface area contributed by atoms with E-state index >= 15 is 0 Å². The Kier molecular flexibility index (Phi) is 4.10. The van der Waals surface area contributed by atoms with Crippen LogP contribution in [0.25, 0.3) is 11.2 Å². The van der Waals surface area contributed by atoms with E-state index in [2.05, 4.69) is 41.3 Å². The summed E-state index contributed by atoms with van der Waals surface area (Å²) in [6.07, 6.45) is 4.36. The number of carbonyl (C=O) groups excluding carboxylic acids is 1. The lowest BCUT2D eigenvalue weighted by molar-refractivity contribution is 0.102. The molecule has 2 heterocycles. The van der Waals surface area contributed by atoms with Crippen molar-refractivity contribution in [1.29, 1.82) is 0 Å². The number of carbonyl (C=O) groups is 1. The topological polar surface area (TPSA) is 59.8 Å². The van der Waals surface area contributed by atoms with Crippen LogP contribution in [0, 0.1) is 0 Å². The highest BCUT2D eigenvalue weighted by Crippen LogP contribution is 2.21. The van der Waals surface area contributed by atoms with Crippen LogP contribution in [0.15, 0.2) is 42.9 Å². The Bertz CT molecular complexity index is 836. The molecule has 2 aromatic heterocycles. The van der Waals surface area contributed by atoms with Crippen LogP contribution >= 0.6 is 0 Å². The van der Waals surface area contributed by atoms with Gasteiger partial charge in [0.25, 0.3) is 5.91 Å². The summed E-state index contributed by atoms with van der Waals surface area (Å²) in [5.41, 5.74) is 4.04. The van der Waals surface area contributed by atoms with Crippen molar-refractivity contribution in [2.24, 2.45) is 7.05 Å². The van der Waals surface area contributed by atoms with E-state index in [9.17, 15) is 4.79 Å². The number of nitrogens with zero attached hydrogens (tertiary/aromatic N) is 3. The number of amides is 1. The molecule has 0 radical (unpaired) electrons. The van der Waals surface area contributed by atoms with Crippen molar-refractivity contribution in [3.63, 3.8) is 0 Å². The average molecular weight is 308 g/mol. The van der Waals surface area contributed by atoms with Gasteiger partial charge in [-0.3, -0.25) is 4.79 Å². The van der Waals surface area contributed by atoms with Crippen molar-refractivity contribution >= 4 is 22.8 Å². The molecule has 1 unspecified atom stereocenters. The van der Waals surface area contributed by atoms with Gasteiger partial charge in [-0.1, -0.05) is 26.0 Å². The number of pyridine rings is 1. The monoisotopic (exact) mass is 308 g/mol. The molecule has 1 atom stereocenters. The van der Waals surface area contributed by atoms with E-state index in [0.29, 0.717) is 17.0 Å². The zero-order valence-corrected chi connectivity index (χ0v) is 13.6. The molecule has 1 amide bonds. The summed E-state index contributed by atoms with van der Waals surface area (Å²) in [7, 11) is 1.88. The van der Waals surface area contributed by atoms with E-state index in [1.165, 1.54) is 5.56 Å². The highest BCUT2D eigenvalue weighted by atomic mass is 16.1. The molecule has 0 aliphatic rings. The quantitative estimate of drug-likeness (QED) is 0.799. The Morgan fingerprint density at radius 2 is 2.00 bits per heavy atom. The van der Waals surface area contributed by atoms with E-state index < -0.39 is 0 Å². The third-order valence-corrected chi connectivity index (χ3v) is 4.16. The van der Waals surface area contributed by atoms with E-state index in [0.717, 1.165) is 17.8 Å². The maximum absolute atomic E-state index is 12.4. The Hall–Kier alpha value is -2.69. The zero-order chi connectivity index (χ0) is 16.4. The first kappa shape index (κ1) is 15.2. The first-order valence-corrected chi connectivity index (χ1v) is 7.77. The molecule has 5 nitrogen and oxygen atoms in total. The summed E-state index contributed by atoms with van der Waals surface area (Å²) >= 11 is 0. The number of aryl methyl sites for hydroxylation is 1. The predicted molar refractivity (Wildman–Crippen MR) is 91.6 cm³/mol. The summed E-state index contributed by atoms with van der Waals surface area (Å²) in [6.45, 7) is 4.36. The molecule has 3 rings (SSSR count). The molecular formula is C18H20N4O. The second kappa shape index (κ2) is 6.20. The maximum Gasteiger partial charge on any atom is 0.257 e. The Morgan fingerprint density at radius 1 is 1.26 bits per heavy atom.